The molecule has 3 aliphatic rings. The summed E-state index contributed by atoms with van der Waals surface area (Å²) >= 11 is 0. The van der Waals surface area contributed by atoms with Gasteiger partial charge in [-0.25, -0.2) is 9.37 Å². The van der Waals surface area contributed by atoms with E-state index in [4.69, 9.17) is 0 Å². The summed E-state index contributed by atoms with van der Waals surface area (Å²) in [6.07, 6.45) is 8.25. The molecule has 0 amide bonds. The van der Waals surface area contributed by atoms with Crippen molar-refractivity contribution in [3.63, 3.8) is 0 Å². The summed E-state index contributed by atoms with van der Waals surface area (Å²) in [5.41, 5.74) is 6.58. The zero-order valence-electron chi connectivity index (χ0n) is 20.2. The molecule has 2 aromatic heterocycles. The van der Waals surface area contributed by atoms with Crippen LogP contribution >= 0.6 is 0 Å². The van der Waals surface area contributed by atoms with Gasteiger partial charge in [0.05, 0.1) is 17.5 Å². The Morgan fingerprint density at radius 3 is 2.64 bits per heavy atom. The molecule has 6 nitrogen and oxygen atoms in total. The van der Waals surface area contributed by atoms with Crippen LogP contribution in [0.4, 0.5) is 10.1 Å². The van der Waals surface area contributed by atoms with E-state index < -0.39 is 0 Å². The van der Waals surface area contributed by atoms with Gasteiger partial charge in [-0.2, -0.15) is 0 Å². The molecule has 2 saturated heterocycles. The highest BCUT2D eigenvalue weighted by atomic mass is 19.1. The van der Waals surface area contributed by atoms with Crippen LogP contribution in [0.5, 0.6) is 0 Å². The zero-order chi connectivity index (χ0) is 24.2. The van der Waals surface area contributed by atoms with Crippen LogP contribution in [0.1, 0.15) is 18.4 Å². The number of imidazole rings is 1. The van der Waals surface area contributed by atoms with Crippen molar-refractivity contribution in [2.45, 2.75) is 25.5 Å². The average Bonchev–Trinajstić information content (AvgIpc) is 3.68. The Bertz CT molecular complexity index is 1400. The van der Waals surface area contributed by atoms with Crippen molar-refractivity contribution >= 4 is 5.69 Å². The Morgan fingerprint density at radius 1 is 0.972 bits per heavy atom. The van der Waals surface area contributed by atoms with Crippen LogP contribution < -0.4 is 4.90 Å². The maximum Gasteiger partial charge on any atom is 0.161 e. The van der Waals surface area contributed by atoms with Gasteiger partial charge in [-0.15, -0.1) is 0 Å². The molecule has 3 aliphatic heterocycles. The molecule has 0 saturated carbocycles. The van der Waals surface area contributed by atoms with Gasteiger partial charge in [0, 0.05) is 61.9 Å². The van der Waals surface area contributed by atoms with Crippen molar-refractivity contribution in [1.82, 2.24) is 19.0 Å². The fourth-order valence-electron chi connectivity index (χ4n) is 6.17. The number of hydrogen-bond donors (Lipinski definition) is 1. The van der Waals surface area contributed by atoms with Gasteiger partial charge in [-0.3, -0.25) is 4.57 Å². The first-order valence-corrected chi connectivity index (χ1v) is 12.9. The Balaban J connectivity index is 1.21. The molecule has 0 radical (unpaired) electrons. The van der Waals surface area contributed by atoms with Gasteiger partial charge in [-0.05, 0) is 73.5 Å². The number of fused-ring (bicyclic) bond motifs is 5. The second kappa shape index (κ2) is 8.61. The van der Waals surface area contributed by atoms with Crippen LogP contribution in [0.25, 0.3) is 28.3 Å². The van der Waals surface area contributed by atoms with Gasteiger partial charge < -0.3 is 19.5 Å². The molecule has 184 valence electrons. The summed E-state index contributed by atoms with van der Waals surface area (Å²) in [6.45, 7) is 5.59. The number of rotatable bonds is 4. The lowest BCUT2D eigenvalue weighted by molar-refractivity contribution is 0.123. The maximum atomic E-state index is 13.5. The predicted octanol–water partition coefficient (Wildman–Crippen LogP) is 4.40. The third kappa shape index (κ3) is 3.74. The van der Waals surface area contributed by atoms with E-state index in [9.17, 15) is 9.50 Å². The zero-order valence-corrected chi connectivity index (χ0v) is 20.2. The smallest absolute Gasteiger partial charge is 0.161 e. The van der Waals surface area contributed by atoms with E-state index in [1.807, 2.05) is 24.5 Å². The van der Waals surface area contributed by atoms with E-state index in [2.05, 4.69) is 54.4 Å². The highest BCUT2D eigenvalue weighted by Gasteiger charge is 2.33. The Labute approximate surface area is 210 Å². The molecule has 2 aromatic carbocycles. The minimum absolute atomic E-state index is 0.230. The van der Waals surface area contributed by atoms with Crippen LogP contribution in [0.3, 0.4) is 0 Å². The molecule has 2 fully saturated rings. The second-order valence-corrected chi connectivity index (χ2v) is 10.4. The summed E-state index contributed by atoms with van der Waals surface area (Å²) in [4.78, 5) is 9.52. The topological polar surface area (TPSA) is 49.5 Å². The first kappa shape index (κ1) is 21.8. The van der Waals surface area contributed by atoms with Gasteiger partial charge in [0.25, 0.3) is 0 Å². The molecule has 7 rings (SSSR count). The standard InChI is InChI=1S/C29H30FN5O/c30-24-5-3-20(4-6-24)21-14-27-29-31-9-12-35(29)26-8-7-25(13-22(26)17-34(27)16-21)33-18-23(28(36)19-33)15-32-10-1-2-11-32/h3-9,12-14,16,23,28,36H,1-2,10-11,15,17-19H2/t23-,28-/m0/s1. The molecule has 0 aliphatic carbocycles. The summed E-state index contributed by atoms with van der Waals surface area (Å²) in [7, 11) is 0. The van der Waals surface area contributed by atoms with Crippen LogP contribution in [0, 0.1) is 11.7 Å². The number of nitrogens with zero attached hydrogens (tertiary/aromatic N) is 5. The molecule has 36 heavy (non-hydrogen) atoms. The molecular formula is C29H30FN5O. The monoisotopic (exact) mass is 483 g/mol. The molecule has 2 atom stereocenters. The van der Waals surface area contributed by atoms with E-state index in [0.717, 1.165) is 66.7 Å². The molecule has 4 aromatic rings. The summed E-state index contributed by atoms with van der Waals surface area (Å²) in [5.74, 6) is 0.958. The minimum Gasteiger partial charge on any atom is -0.391 e. The van der Waals surface area contributed by atoms with Gasteiger partial charge in [0.15, 0.2) is 5.82 Å². The van der Waals surface area contributed by atoms with Crippen LogP contribution in [-0.2, 0) is 6.54 Å². The lowest BCUT2D eigenvalue weighted by Gasteiger charge is -2.23. The number of aliphatic hydroxyl groups excluding tert-OH is 1. The first-order valence-electron chi connectivity index (χ1n) is 12.9. The first-order chi connectivity index (χ1) is 17.6. The van der Waals surface area contributed by atoms with Crippen molar-refractivity contribution in [2.75, 3.05) is 37.6 Å². The Hall–Kier alpha value is -3.42. The fraction of sp³-hybridized carbons (Fsp3) is 0.345. The molecule has 0 bridgehead atoms. The van der Waals surface area contributed by atoms with Crippen LogP contribution in [0.15, 0.2) is 67.1 Å². The van der Waals surface area contributed by atoms with Gasteiger partial charge in [0.2, 0.25) is 0 Å². The number of anilines is 1. The number of aliphatic hydroxyl groups is 1. The average molecular weight is 484 g/mol. The number of β-amino-alcohol motifs (C(OH)–C–C–N with tert-alkyl or cyclic N) is 1. The van der Waals surface area contributed by atoms with Crippen molar-refractivity contribution in [2.24, 2.45) is 5.92 Å². The highest BCUT2D eigenvalue weighted by molar-refractivity contribution is 5.72. The SMILES string of the molecule is O[C@H]1CN(c2ccc3c(c2)Cn2cc(-c4ccc(F)cc4)cc2-c2nccn2-3)C[C@@H]1CN1CCCC1. The summed E-state index contributed by atoms with van der Waals surface area (Å²) in [6, 6.07) is 15.4. The van der Waals surface area contributed by atoms with E-state index >= 15 is 0 Å². The normalized spacial score (nSPS) is 21.3. The third-order valence-electron chi connectivity index (χ3n) is 8.07. The van der Waals surface area contributed by atoms with Gasteiger partial charge in [0.1, 0.15) is 5.82 Å². The van der Waals surface area contributed by atoms with Gasteiger partial charge in [-0.1, -0.05) is 12.1 Å². The lowest BCUT2D eigenvalue weighted by Crippen LogP contribution is -2.32. The lowest BCUT2D eigenvalue weighted by atomic mass is 10.1. The molecule has 7 heteroatoms. The molecule has 1 N–H and O–H groups in total. The molecule has 0 spiro atoms. The van der Waals surface area contributed by atoms with E-state index in [1.165, 1.54) is 30.5 Å². The van der Waals surface area contributed by atoms with Crippen LogP contribution in [0.2, 0.25) is 0 Å². The molecule has 0 unspecified atom stereocenters. The second-order valence-electron chi connectivity index (χ2n) is 10.4. The number of halogens is 1. The van der Waals surface area contributed by atoms with Crippen molar-refractivity contribution in [3.05, 3.63) is 78.5 Å². The largest absolute Gasteiger partial charge is 0.391 e. The number of aromatic nitrogens is 3. The molecule has 5 heterocycles. The third-order valence-corrected chi connectivity index (χ3v) is 8.07. The summed E-state index contributed by atoms with van der Waals surface area (Å²) < 4.78 is 17.9. The van der Waals surface area contributed by atoms with Gasteiger partial charge >= 0.3 is 0 Å². The van der Waals surface area contributed by atoms with Crippen molar-refractivity contribution in [3.8, 4) is 28.3 Å². The van der Waals surface area contributed by atoms with E-state index in [-0.39, 0.29) is 17.8 Å². The number of likely N-dealkylation sites (tertiary alicyclic amines) is 1. The maximum absolute atomic E-state index is 13.5. The minimum atomic E-state index is -0.293. The van der Waals surface area contributed by atoms with E-state index in [0.29, 0.717) is 6.54 Å². The predicted molar refractivity (Wildman–Crippen MR) is 139 cm³/mol. The quantitative estimate of drug-likeness (QED) is 0.412. The van der Waals surface area contributed by atoms with E-state index in [1.54, 1.807) is 0 Å². The highest BCUT2D eigenvalue weighted by Crippen LogP contribution is 2.36. The van der Waals surface area contributed by atoms with Crippen molar-refractivity contribution < 1.29 is 9.50 Å². The number of hydrogen-bond acceptors (Lipinski definition) is 4. The van der Waals surface area contributed by atoms with Crippen molar-refractivity contribution in [1.29, 1.82) is 0 Å². The Kier molecular flexibility index (Phi) is 5.22. The Morgan fingerprint density at radius 2 is 1.81 bits per heavy atom. The fourth-order valence-corrected chi connectivity index (χ4v) is 6.17. The molecular weight excluding hydrogens is 453 g/mol. The summed E-state index contributed by atoms with van der Waals surface area (Å²) in [5, 5.41) is 10.8. The number of benzene rings is 2. The van der Waals surface area contributed by atoms with Crippen LogP contribution in [-0.4, -0.2) is 63.0 Å².